The lowest BCUT2D eigenvalue weighted by molar-refractivity contribution is -0.129. The number of hydrogen-bond acceptors (Lipinski definition) is 6. The summed E-state index contributed by atoms with van der Waals surface area (Å²) >= 11 is 1.26. The molecule has 7 heteroatoms. The van der Waals surface area contributed by atoms with E-state index in [0.29, 0.717) is 29.1 Å². The van der Waals surface area contributed by atoms with E-state index in [-0.39, 0.29) is 17.1 Å². The van der Waals surface area contributed by atoms with Gasteiger partial charge in [0.1, 0.15) is 5.75 Å². The number of aliphatic hydroxyl groups excluding tert-OH is 1. The number of rotatable bonds is 6. The van der Waals surface area contributed by atoms with Crippen molar-refractivity contribution >= 4 is 23.0 Å². The second kappa shape index (κ2) is 10.3. The zero-order valence-corrected chi connectivity index (χ0v) is 24.9. The summed E-state index contributed by atoms with van der Waals surface area (Å²) in [7, 11) is 0. The number of Topliss-reactive ketones (excluding diaryl/α,β-unsaturated/α-hetero) is 1. The highest BCUT2D eigenvalue weighted by molar-refractivity contribution is 7.14. The van der Waals surface area contributed by atoms with Gasteiger partial charge in [0.25, 0.3) is 5.91 Å². The van der Waals surface area contributed by atoms with Crippen LogP contribution in [0.3, 0.4) is 0 Å². The molecule has 0 radical (unpaired) electrons. The minimum absolute atomic E-state index is 0.0604. The Hall–Kier alpha value is -3.45. The molecule has 2 aromatic carbocycles. The van der Waals surface area contributed by atoms with Crippen LogP contribution < -0.4 is 0 Å². The molecule has 0 saturated heterocycles. The number of benzene rings is 2. The molecule has 1 atom stereocenters. The van der Waals surface area contributed by atoms with E-state index in [2.05, 4.69) is 4.98 Å². The van der Waals surface area contributed by atoms with Crippen LogP contribution in [0.1, 0.15) is 90.2 Å². The van der Waals surface area contributed by atoms with Crippen LogP contribution >= 0.6 is 11.3 Å². The van der Waals surface area contributed by atoms with Crippen molar-refractivity contribution in [2.75, 3.05) is 6.54 Å². The molecule has 0 bridgehead atoms. The maximum atomic E-state index is 14.0. The maximum Gasteiger partial charge on any atom is 0.290 e. The van der Waals surface area contributed by atoms with E-state index in [1.54, 1.807) is 11.8 Å². The first-order valence-electron chi connectivity index (χ1n) is 13.3. The average Bonchev–Trinajstić information content (AvgIpc) is 3.31. The summed E-state index contributed by atoms with van der Waals surface area (Å²) in [5.41, 5.74) is 3.02. The van der Waals surface area contributed by atoms with Gasteiger partial charge in [-0.15, -0.1) is 11.3 Å². The lowest BCUT2D eigenvalue weighted by Gasteiger charge is -2.32. The highest BCUT2D eigenvalue weighted by Crippen LogP contribution is 2.46. The van der Waals surface area contributed by atoms with Gasteiger partial charge in [-0.25, -0.2) is 4.98 Å². The van der Waals surface area contributed by atoms with Crippen molar-refractivity contribution in [3.8, 4) is 5.75 Å². The van der Waals surface area contributed by atoms with Crippen molar-refractivity contribution in [3.05, 3.63) is 91.6 Å². The largest absolute Gasteiger partial charge is 0.507 e. The fraction of sp³-hybridized carbons (Fsp3) is 0.406. The summed E-state index contributed by atoms with van der Waals surface area (Å²) in [4.78, 5) is 34.0. The fourth-order valence-electron chi connectivity index (χ4n) is 5.18. The van der Waals surface area contributed by atoms with Crippen LogP contribution in [0.25, 0.3) is 0 Å². The average molecular weight is 547 g/mol. The molecule has 6 nitrogen and oxygen atoms in total. The molecule has 2 heterocycles. The predicted molar refractivity (Wildman–Crippen MR) is 156 cm³/mol. The first-order chi connectivity index (χ1) is 18.1. The Labute approximate surface area is 235 Å². The van der Waals surface area contributed by atoms with E-state index < -0.39 is 28.5 Å². The second-order valence-electron chi connectivity index (χ2n) is 12.3. The first kappa shape index (κ1) is 28.6. The number of aromatic hydroxyl groups is 1. The number of phenols is 1. The van der Waals surface area contributed by atoms with Gasteiger partial charge in [0.05, 0.1) is 27.2 Å². The van der Waals surface area contributed by atoms with Gasteiger partial charge in [0, 0.05) is 6.54 Å². The maximum absolute atomic E-state index is 14.0. The Morgan fingerprint density at radius 3 is 2.03 bits per heavy atom. The summed E-state index contributed by atoms with van der Waals surface area (Å²) in [6.45, 7) is 16.0. The molecular formula is C32H38N2O4S. The number of amides is 1. The van der Waals surface area contributed by atoms with Gasteiger partial charge in [-0.05, 0) is 65.5 Å². The summed E-state index contributed by atoms with van der Waals surface area (Å²) in [5, 5.41) is 23.3. The summed E-state index contributed by atoms with van der Waals surface area (Å²) in [6.07, 6.45) is 0.562. The zero-order chi connectivity index (χ0) is 28.9. The van der Waals surface area contributed by atoms with Crippen molar-refractivity contribution in [3.63, 3.8) is 0 Å². The Balaban J connectivity index is 1.93. The minimum atomic E-state index is -0.807. The number of carbonyl (C=O) groups is 2. The number of aryl methyl sites for hydroxylation is 2. The molecule has 0 spiro atoms. The molecule has 39 heavy (non-hydrogen) atoms. The summed E-state index contributed by atoms with van der Waals surface area (Å²) in [5.74, 6) is -1.26. The topological polar surface area (TPSA) is 90.7 Å². The van der Waals surface area contributed by atoms with Crippen molar-refractivity contribution in [2.24, 2.45) is 0 Å². The number of thiazole rings is 1. The Morgan fingerprint density at radius 1 is 0.974 bits per heavy atom. The van der Waals surface area contributed by atoms with Crippen LogP contribution in [0.4, 0.5) is 0 Å². The highest BCUT2D eigenvalue weighted by Gasteiger charge is 2.45. The smallest absolute Gasteiger partial charge is 0.290 e. The lowest BCUT2D eigenvalue weighted by Crippen LogP contribution is -2.33. The van der Waals surface area contributed by atoms with Gasteiger partial charge in [0.15, 0.2) is 5.76 Å². The van der Waals surface area contributed by atoms with Crippen LogP contribution in [0, 0.1) is 13.8 Å². The first-order valence-corrected chi connectivity index (χ1v) is 14.1. The van der Waals surface area contributed by atoms with E-state index >= 15 is 0 Å². The van der Waals surface area contributed by atoms with E-state index in [9.17, 15) is 19.8 Å². The van der Waals surface area contributed by atoms with Crippen LogP contribution in [0.15, 0.2) is 53.8 Å². The number of hydrogen-bond donors (Lipinski definition) is 2. The Morgan fingerprint density at radius 2 is 1.54 bits per heavy atom. The molecule has 4 rings (SSSR count). The van der Waals surface area contributed by atoms with Crippen molar-refractivity contribution in [1.29, 1.82) is 0 Å². The normalized spacial score (nSPS) is 16.4. The second-order valence-corrected chi connectivity index (χ2v) is 13.5. The van der Waals surface area contributed by atoms with Crippen molar-refractivity contribution < 1.29 is 19.8 Å². The summed E-state index contributed by atoms with van der Waals surface area (Å²) < 4.78 is 0. The molecule has 1 unspecified atom stereocenters. The van der Waals surface area contributed by atoms with E-state index in [4.69, 9.17) is 0 Å². The van der Waals surface area contributed by atoms with Gasteiger partial charge in [-0.1, -0.05) is 71.9 Å². The van der Waals surface area contributed by atoms with E-state index in [0.717, 1.165) is 21.7 Å². The molecule has 1 aromatic heterocycles. The van der Waals surface area contributed by atoms with Crippen molar-refractivity contribution in [1.82, 2.24) is 9.88 Å². The van der Waals surface area contributed by atoms with E-state index in [1.165, 1.54) is 11.3 Å². The molecule has 3 aromatic rings. The van der Waals surface area contributed by atoms with Gasteiger partial charge >= 0.3 is 0 Å². The number of aliphatic hydroxyl groups is 1. The van der Waals surface area contributed by atoms with Crippen LogP contribution in [0.5, 0.6) is 5.75 Å². The standard InChI is InChI=1S/C32H38N2O4S/c1-18-29(39-19(2)33-18)27(36)24-25(34(30(38)28(24)37)15-14-20-12-10-9-11-13-20)21-16-22(31(3,4)5)26(35)23(17-21)32(6,7)8/h9-13,16-17,25,35,37H,14-15H2,1-8H3. The van der Waals surface area contributed by atoms with Crippen LogP contribution in [0.2, 0.25) is 0 Å². The summed E-state index contributed by atoms with van der Waals surface area (Å²) in [6, 6.07) is 12.8. The highest BCUT2D eigenvalue weighted by atomic mass is 32.1. The molecule has 1 aliphatic heterocycles. The predicted octanol–water partition coefficient (Wildman–Crippen LogP) is 6.88. The molecule has 0 fully saturated rings. The number of carbonyl (C=O) groups excluding carboxylic acids is 2. The van der Waals surface area contributed by atoms with Gasteiger partial charge in [0.2, 0.25) is 5.78 Å². The molecule has 0 aliphatic carbocycles. The minimum Gasteiger partial charge on any atom is -0.507 e. The SMILES string of the molecule is Cc1nc(C)c(C(=O)C2=C(O)C(=O)N(CCc3ccccc3)C2c2cc(C(C)(C)C)c(O)c(C(C)(C)C)c2)s1. The molecule has 0 saturated carbocycles. The van der Waals surface area contributed by atoms with Crippen LogP contribution in [-0.4, -0.2) is 38.3 Å². The van der Waals surface area contributed by atoms with Crippen molar-refractivity contribution in [2.45, 2.75) is 78.7 Å². The molecule has 206 valence electrons. The molecular weight excluding hydrogens is 508 g/mol. The fourth-order valence-corrected chi connectivity index (χ4v) is 6.05. The Kier molecular flexibility index (Phi) is 7.52. The third-order valence-corrected chi connectivity index (χ3v) is 8.28. The van der Waals surface area contributed by atoms with E-state index in [1.807, 2.05) is 90.9 Å². The zero-order valence-electron chi connectivity index (χ0n) is 24.0. The molecule has 1 amide bonds. The van der Waals surface area contributed by atoms with Gasteiger partial charge in [-0.3, -0.25) is 9.59 Å². The molecule has 2 N–H and O–H groups in total. The quantitative estimate of drug-likeness (QED) is 0.329. The number of ketones is 1. The number of aromatic nitrogens is 1. The van der Waals surface area contributed by atoms with Gasteiger partial charge in [-0.2, -0.15) is 0 Å². The van der Waals surface area contributed by atoms with Gasteiger partial charge < -0.3 is 15.1 Å². The number of nitrogens with zero attached hydrogens (tertiary/aromatic N) is 2. The number of phenolic OH excluding ortho intramolecular Hbond substituents is 1. The third-order valence-electron chi connectivity index (χ3n) is 7.21. The Bertz CT molecular complexity index is 1420. The van der Waals surface area contributed by atoms with Crippen LogP contribution in [-0.2, 0) is 22.0 Å². The lowest BCUT2D eigenvalue weighted by atomic mass is 9.77. The third kappa shape index (κ3) is 5.50. The monoisotopic (exact) mass is 546 g/mol. The molecule has 1 aliphatic rings.